The minimum absolute atomic E-state index is 0.0962. The Hall–Kier alpha value is -5.15. The van der Waals surface area contributed by atoms with E-state index in [0.717, 1.165) is 38.7 Å². The molecule has 0 amide bonds. The lowest BCUT2D eigenvalue weighted by Crippen LogP contribution is -2.28. The predicted octanol–water partition coefficient (Wildman–Crippen LogP) is 7.38. The van der Waals surface area contributed by atoms with Crippen LogP contribution in [0, 0.1) is 10.1 Å². The number of fused-ring (bicyclic) bond motifs is 1. The van der Waals surface area contributed by atoms with Crippen molar-refractivity contribution in [3.8, 4) is 28.0 Å². The Morgan fingerprint density at radius 1 is 0.884 bits per heavy atom. The van der Waals surface area contributed by atoms with Crippen LogP contribution in [0.5, 0.6) is 5.75 Å². The molecule has 43 heavy (non-hydrogen) atoms. The van der Waals surface area contributed by atoms with E-state index in [1.807, 2.05) is 72.8 Å². The second kappa shape index (κ2) is 11.6. The maximum absolute atomic E-state index is 12.7. The van der Waals surface area contributed by atoms with Crippen LogP contribution in [0.3, 0.4) is 0 Å². The second-order valence-electron chi connectivity index (χ2n) is 10.6. The zero-order chi connectivity index (χ0) is 30.8. The van der Waals surface area contributed by atoms with E-state index < -0.39 is 25.5 Å². The lowest BCUT2D eigenvalue weighted by molar-refractivity contribution is -0.384. The summed E-state index contributed by atoms with van der Waals surface area (Å²) >= 11 is 0. The number of sulfone groups is 1. The van der Waals surface area contributed by atoms with Crippen LogP contribution in [0.4, 0.5) is 5.69 Å². The lowest BCUT2D eigenvalue weighted by Gasteiger charge is -2.24. The largest absolute Gasteiger partial charge is 0.423 e. The highest BCUT2D eigenvalue weighted by Crippen LogP contribution is 2.37. The van der Waals surface area contributed by atoms with Gasteiger partial charge in [0.15, 0.2) is 9.84 Å². The van der Waals surface area contributed by atoms with Crippen molar-refractivity contribution in [1.29, 1.82) is 0 Å². The lowest BCUT2D eigenvalue weighted by atomic mass is 9.91. The number of benzene rings is 4. The molecule has 0 aliphatic heterocycles. The maximum atomic E-state index is 12.7. The van der Waals surface area contributed by atoms with E-state index in [9.17, 15) is 23.3 Å². The maximum Gasteiger partial charge on any atom is 0.336 e. The van der Waals surface area contributed by atoms with E-state index in [0.29, 0.717) is 5.56 Å². The summed E-state index contributed by atoms with van der Waals surface area (Å²) in [5.74, 6) is -0.427. The van der Waals surface area contributed by atoms with Gasteiger partial charge in [-0.05, 0) is 84.1 Å². The number of hydrogen-bond donors (Lipinski definition) is 0. The van der Waals surface area contributed by atoms with Gasteiger partial charge in [-0.15, -0.1) is 0 Å². The van der Waals surface area contributed by atoms with E-state index in [1.165, 1.54) is 36.6 Å². The van der Waals surface area contributed by atoms with Gasteiger partial charge in [0.2, 0.25) is 0 Å². The summed E-state index contributed by atoms with van der Waals surface area (Å²) in [5, 5.41) is 11.7. The number of carbonyl (C=O) groups excluding carboxylic acids is 1. The summed E-state index contributed by atoms with van der Waals surface area (Å²) in [6.45, 7) is 3.41. The Morgan fingerprint density at radius 2 is 1.58 bits per heavy atom. The Labute approximate surface area is 249 Å². The zero-order valence-corrected chi connectivity index (χ0v) is 24.5. The minimum atomic E-state index is -3.41. The first-order chi connectivity index (χ1) is 20.4. The molecule has 4 aromatic carbocycles. The van der Waals surface area contributed by atoms with E-state index in [2.05, 4.69) is 4.98 Å². The summed E-state index contributed by atoms with van der Waals surface area (Å²) in [6, 6.07) is 28.3. The molecule has 5 rings (SSSR count). The molecule has 0 fully saturated rings. The van der Waals surface area contributed by atoms with Crippen LogP contribution < -0.4 is 4.74 Å². The van der Waals surface area contributed by atoms with Gasteiger partial charge in [-0.2, -0.15) is 0 Å². The number of esters is 1. The Bertz CT molecular complexity index is 2000. The van der Waals surface area contributed by atoms with Crippen LogP contribution in [0.15, 0.2) is 109 Å². The molecule has 0 radical (unpaired) electrons. The summed E-state index contributed by atoms with van der Waals surface area (Å²) in [7, 11) is -3.41. The topological polar surface area (TPSA) is 116 Å². The Balaban J connectivity index is 1.50. The highest BCUT2D eigenvalue weighted by Gasteiger charge is 2.33. The van der Waals surface area contributed by atoms with Crippen LogP contribution in [0.1, 0.15) is 25.0 Å². The highest BCUT2D eigenvalue weighted by atomic mass is 32.2. The molecule has 0 unspecified atom stereocenters. The second-order valence-corrected chi connectivity index (χ2v) is 13.1. The molecule has 8 nitrogen and oxygen atoms in total. The van der Waals surface area contributed by atoms with Gasteiger partial charge < -0.3 is 4.74 Å². The molecule has 0 saturated heterocycles. The van der Waals surface area contributed by atoms with Gasteiger partial charge in [-0.3, -0.25) is 15.1 Å². The van der Waals surface area contributed by atoms with E-state index in [1.54, 1.807) is 26.1 Å². The van der Waals surface area contributed by atoms with Crippen molar-refractivity contribution >= 4 is 38.5 Å². The molecule has 1 aromatic heterocycles. The molecule has 0 aliphatic rings. The smallest absolute Gasteiger partial charge is 0.336 e. The number of ether oxygens (including phenoxy) is 1. The third-order valence-electron chi connectivity index (χ3n) is 7.44. The first kappa shape index (κ1) is 29.3. The van der Waals surface area contributed by atoms with Gasteiger partial charge in [0.25, 0.3) is 5.69 Å². The van der Waals surface area contributed by atoms with E-state index in [-0.39, 0.29) is 11.4 Å². The first-order valence-electron chi connectivity index (χ1n) is 13.4. The summed E-state index contributed by atoms with van der Waals surface area (Å²) in [4.78, 5) is 27.5. The van der Waals surface area contributed by atoms with Crippen molar-refractivity contribution < 1.29 is 22.9 Å². The standard InChI is InChI=1S/C34H28N2O6S/c1-34(2,43(3,40)41)27-21-26-11-7-19-35-33(26)31(22-27)25-10-6-9-24(20-25)30-12-5-4-8-23(30)13-18-32(37)42-29-16-14-28(15-17-29)36(38)39/h4-22H,1-3H3/b18-13+. The number of nitro benzene ring substituents is 1. The quantitative estimate of drug-likeness (QED) is 0.0607. The van der Waals surface area contributed by atoms with Crippen LogP contribution in [0.25, 0.3) is 39.2 Å². The van der Waals surface area contributed by atoms with Gasteiger partial charge in [-0.25, -0.2) is 13.2 Å². The number of pyridine rings is 1. The summed E-state index contributed by atoms with van der Waals surface area (Å²) < 4.78 is 29.6. The molecule has 0 aliphatic carbocycles. The number of hydrogen-bond acceptors (Lipinski definition) is 7. The molecular weight excluding hydrogens is 564 g/mol. The predicted molar refractivity (Wildman–Crippen MR) is 168 cm³/mol. The Kier molecular flexibility index (Phi) is 7.93. The molecule has 0 spiro atoms. The van der Waals surface area contributed by atoms with Crippen molar-refractivity contribution in [3.05, 3.63) is 131 Å². The monoisotopic (exact) mass is 592 g/mol. The normalized spacial score (nSPS) is 12.0. The van der Waals surface area contributed by atoms with Crippen molar-refractivity contribution in [2.45, 2.75) is 18.6 Å². The number of rotatable bonds is 8. The van der Waals surface area contributed by atoms with Gasteiger partial charge in [-0.1, -0.05) is 48.5 Å². The van der Waals surface area contributed by atoms with E-state index >= 15 is 0 Å². The number of nitro groups is 1. The van der Waals surface area contributed by atoms with Crippen molar-refractivity contribution in [2.75, 3.05) is 6.26 Å². The van der Waals surface area contributed by atoms with Crippen LogP contribution >= 0.6 is 0 Å². The number of non-ortho nitro benzene ring substituents is 1. The van der Waals surface area contributed by atoms with Crippen LogP contribution in [-0.2, 0) is 19.4 Å². The van der Waals surface area contributed by atoms with Gasteiger partial charge in [0, 0.05) is 41.6 Å². The molecule has 0 bridgehead atoms. The average molecular weight is 593 g/mol. The summed E-state index contributed by atoms with van der Waals surface area (Å²) in [6.07, 6.45) is 5.92. The Morgan fingerprint density at radius 3 is 2.28 bits per heavy atom. The molecule has 0 saturated carbocycles. The molecule has 5 aromatic rings. The molecule has 9 heteroatoms. The minimum Gasteiger partial charge on any atom is -0.423 e. The summed E-state index contributed by atoms with van der Waals surface area (Å²) in [5.41, 5.74) is 5.54. The molecule has 0 N–H and O–H groups in total. The molecule has 216 valence electrons. The number of nitrogens with zero attached hydrogens (tertiary/aromatic N) is 2. The molecular formula is C34H28N2O6S. The highest BCUT2D eigenvalue weighted by molar-refractivity contribution is 7.91. The zero-order valence-electron chi connectivity index (χ0n) is 23.7. The molecule has 0 atom stereocenters. The SMILES string of the molecule is CC(C)(c1cc(-c2cccc(-c3ccccc3/C=C/C(=O)Oc3ccc([N+](=O)[O-])cc3)c2)c2ncccc2c1)S(C)(=O)=O. The average Bonchev–Trinajstić information content (AvgIpc) is 2.99. The van der Waals surface area contributed by atoms with E-state index in [4.69, 9.17) is 4.74 Å². The van der Waals surface area contributed by atoms with Crippen LogP contribution in [0.2, 0.25) is 0 Å². The fourth-order valence-electron chi connectivity index (χ4n) is 4.68. The van der Waals surface area contributed by atoms with Gasteiger partial charge >= 0.3 is 5.97 Å². The first-order valence-corrected chi connectivity index (χ1v) is 15.3. The fourth-order valence-corrected chi connectivity index (χ4v) is 5.22. The van der Waals surface area contributed by atoms with Crippen molar-refractivity contribution in [2.24, 2.45) is 0 Å². The third kappa shape index (κ3) is 6.22. The number of aromatic nitrogens is 1. The van der Waals surface area contributed by atoms with Crippen LogP contribution in [-0.4, -0.2) is 30.6 Å². The molecule has 1 heterocycles. The van der Waals surface area contributed by atoms with Crippen molar-refractivity contribution in [3.63, 3.8) is 0 Å². The van der Waals surface area contributed by atoms with Crippen molar-refractivity contribution in [1.82, 2.24) is 4.98 Å². The number of carbonyl (C=O) groups is 1. The van der Waals surface area contributed by atoms with Gasteiger partial charge in [0.1, 0.15) is 5.75 Å². The fraction of sp³-hybridized carbons (Fsp3) is 0.118. The third-order valence-corrected chi connectivity index (χ3v) is 9.53. The van der Waals surface area contributed by atoms with Gasteiger partial charge in [0.05, 0.1) is 15.2 Å².